The summed E-state index contributed by atoms with van der Waals surface area (Å²) in [4.78, 5) is 39.3. The molecule has 0 N–H and O–H groups in total. The zero-order valence-electron chi connectivity index (χ0n) is 18.6. The number of aryl methyl sites for hydroxylation is 1. The normalized spacial score (nSPS) is 20.9. The third kappa shape index (κ3) is 4.01. The maximum Gasteiger partial charge on any atom is 0.410 e. The molecule has 1 saturated heterocycles. The monoisotopic (exact) mass is 440 g/mol. The molecule has 8 heteroatoms. The van der Waals surface area contributed by atoms with Gasteiger partial charge in [-0.1, -0.05) is 29.5 Å². The number of fused-ring (bicyclic) bond motifs is 2. The van der Waals surface area contributed by atoms with Crippen LogP contribution >= 0.6 is 11.8 Å². The Hall–Kier alpha value is -2.61. The summed E-state index contributed by atoms with van der Waals surface area (Å²) in [6, 6.07) is 7.92. The molecule has 2 aromatic rings. The number of benzene rings is 1. The Kier molecular flexibility index (Phi) is 5.45. The van der Waals surface area contributed by atoms with Gasteiger partial charge in [-0.3, -0.25) is 4.79 Å². The van der Waals surface area contributed by atoms with Gasteiger partial charge in [0.15, 0.2) is 5.16 Å². The molecule has 3 heterocycles. The molecule has 0 aliphatic carbocycles. The second-order valence-corrected chi connectivity index (χ2v) is 9.96. The first kappa shape index (κ1) is 21.6. The molecule has 4 rings (SSSR count). The van der Waals surface area contributed by atoms with Crippen molar-refractivity contribution in [1.82, 2.24) is 14.9 Å². The number of nitrogens with zero attached hydrogens (tertiary/aromatic N) is 4. The SMILES string of the molecule is CSc1ncc2c(n1)C1(CCN(C(=O)OC(C)(C)C)C1)C(=O)N(c1ccc(C)cc1)C2. The van der Waals surface area contributed by atoms with E-state index in [1.54, 1.807) is 9.80 Å². The van der Waals surface area contributed by atoms with Gasteiger partial charge in [0.1, 0.15) is 11.0 Å². The summed E-state index contributed by atoms with van der Waals surface area (Å²) in [7, 11) is 0. The average Bonchev–Trinajstić information content (AvgIpc) is 3.17. The molecule has 2 aliphatic rings. The van der Waals surface area contributed by atoms with Gasteiger partial charge in [0, 0.05) is 30.5 Å². The number of likely N-dealkylation sites (tertiary alicyclic amines) is 1. The molecule has 0 saturated carbocycles. The van der Waals surface area contributed by atoms with Crippen LogP contribution < -0.4 is 4.90 Å². The molecule has 0 bridgehead atoms. The number of rotatable bonds is 2. The molecule has 1 aromatic heterocycles. The number of aromatic nitrogens is 2. The molecular formula is C23H28N4O3S. The number of hydrogen-bond acceptors (Lipinski definition) is 6. The Labute approximate surface area is 187 Å². The lowest BCUT2D eigenvalue weighted by atomic mass is 9.77. The van der Waals surface area contributed by atoms with E-state index in [9.17, 15) is 9.59 Å². The molecule has 1 unspecified atom stereocenters. The average molecular weight is 441 g/mol. The van der Waals surface area contributed by atoms with Crippen LogP contribution in [-0.2, 0) is 21.5 Å². The smallest absolute Gasteiger partial charge is 0.410 e. The van der Waals surface area contributed by atoms with E-state index in [2.05, 4.69) is 4.98 Å². The Morgan fingerprint density at radius 2 is 1.94 bits per heavy atom. The van der Waals surface area contributed by atoms with Gasteiger partial charge >= 0.3 is 6.09 Å². The Morgan fingerprint density at radius 1 is 1.23 bits per heavy atom. The lowest BCUT2D eigenvalue weighted by Gasteiger charge is -2.40. The van der Waals surface area contributed by atoms with E-state index in [1.807, 2.05) is 64.4 Å². The Morgan fingerprint density at radius 3 is 2.58 bits per heavy atom. The van der Waals surface area contributed by atoms with Crippen LogP contribution in [0.15, 0.2) is 35.6 Å². The zero-order chi connectivity index (χ0) is 22.4. The van der Waals surface area contributed by atoms with Gasteiger partial charge in [0.05, 0.1) is 12.2 Å². The highest BCUT2D eigenvalue weighted by molar-refractivity contribution is 7.98. The van der Waals surface area contributed by atoms with Crippen molar-refractivity contribution >= 4 is 29.4 Å². The standard InChI is InChI=1S/C23H28N4O3S/c1-15-6-8-17(9-7-15)27-13-16-12-24-20(31-5)25-18(16)23(19(27)28)10-11-26(14-23)21(29)30-22(2,3)4/h6-9,12H,10-11,13-14H2,1-5H3. The van der Waals surface area contributed by atoms with Crippen molar-refractivity contribution in [3.63, 3.8) is 0 Å². The molecule has 1 spiro atoms. The fraction of sp³-hybridized carbons (Fsp3) is 0.478. The predicted molar refractivity (Wildman–Crippen MR) is 120 cm³/mol. The molecule has 164 valence electrons. The summed E-state index contributed by atoms with van der Waals surface area (Å²) in [6.07, 6.45) is 3.84. The number of thioether (sulfide) groups is 1. The van der Waals surface area contributed by atoms with Gasteiger partial charge in [-0.15, -0.1) is 0 Å². The van der Waals surface area contributed by atoms with E-state index in [1.165, 1.54) is 11.8 Å². The van der Waals surface area contributed by atoms with Crippen molar-refractivity contribution in [2.45, 2.75) is 56.8 Å². The van der Waals surface area contributed by atoms with Crippen LogP contribution in [0.2, 0.25) is 0 Å². The van der Waals surface area contributed by atoms with Crippen LogP contribution in [0.1, 0.15) is 44.0 Å². The highest BCUT2D eigenvalue weighted by Crippen LogP contribution is 2.43. The number of anilines is 1. The van der Waals surface area contributed by atoms with E-state index in [0.717, 1.165) is 22.5 Å². The topological polar surface area (TPSA) is 75.6 Å². The largest absolute Gasteiger partial charge is 0.444 e. The van der Waals surface area contributed by atoms with E-state index in [4.69, 9.17) is 9.72 Å². The van der Waals surface area contributed by atoms with E-state index < -0.39 is 17.1 Å². The third-order valence-corrected chi connectivity index (χ3v) is 6.29. The van der Waals surface area contributed by atoms with Crippen LogP contribution in [0.5, 0.6) is 0 Å². The highest BCUT2D eigenvalue weighted by Gasteiger charge is 2.54. The minimum Gasteiger partial charge on any atom is -0.444 e. The van der Waals surface area contributed by atoms with Crippen LogP contribution in [0.4, 0.5) is 10.5 Å². The van der Waals surface area contributed by atoms with Crippen molar-refractivity contribution in [3.05, 3.63) is 47.3 Å². The minimum absolute atomic E-state index is 0.0272. The van der Waals surface area contributed by atoms with Gasteiger partial charge < -0.3 is 14.5 Å². The van der Waals surface area contributed by atoms with Gasteiger partial charge in [0.2, 0.25) is 5.91 Å². The number of ether oxygens (including phenoxy) is 1. The maximum atomic E-state index is 13.9. The van der Waals surface area contributed by atoms with Crippen LogP contribution in [0.25, 0.3) is 0 Å². The van der Waals surface area contributed by atoms with Crippen molar-refractivity contribution < 1.29 is 14.3 Å². The van der Waals surface area contributed by atoms with Gasteiger partial charge in [0.25, 0.3) is 0 Å². The number of amides is 2. The summed E-state index contributed by atoms with van der Waals surface area (Å²) in [5.74, 6) is -0.0272. The van der Waals surface area contributed by atoms with Crippen molar-refractivity contribution in [2.24, 2.45) is 0 Å². The summed E-state index contributed by atoms with van der Waals surface area (Å²) in [5, 5.41) is 0.630. The first-order valence-corrected chi connectivity index (χ1v) is 11.6. The molecule has 2 amide bonds. The van der Waals surface area contributed by atoms with Crippen molar-refractivity contribution in [3.8, 4) is 0 Å². The van der Waals surface area contributed by atoms with E-state index >= 15 is 0 Å². The highest BCUT2D eigenvalue weighted by atomic mass is 32.2. The van der Waals surface area contributed by atoms with E-state index in [0.29, 0.717) is 24.7 Å². The first-order chi connectivity index (χ1) is 14.6. The predicted octanol–water partition coefficient (Wildman–Crippen LogP) is 3.93. The lowest BCUT2D eigenvalue weighted by Crippen LogP contribution is -2.53. The summed E-state index contributed by atoms with van der Waals surface area (Å²) in [5.41, 5.74) is 2.14. The third-order valence-electron chi connectivity index (χ3n) is 5.73. The van der Waals surface area contributed by atoms with Crippen LogP contribution in [-0.4, -0.2) is 51.8 Å². The zero-order valence-corrected chi connectivity index (χ0v) is 19.5. The first-order valence-electron chi connectivity index (χ1n) is 10.4. The lowest BCUT2D eigenvalue weighted by molar-refractivity contribution is -0.124. The van der Waals surface area contributed by atoms with Crippen molar-refractivity contribution in [2.75, 3.05) is 24.2 Å². The number of carbonyl (C=O) groups is 2. The summed E-state index contributed by atoms with van der Waals surface area (Å²) >= 11 is 1.45. The molecule has 1 aromatic carbocycles. The molecule has 2 aliphatic heterocycles. The summed E-state index contributed by atoms with van der Waals surface area (Å²) in [6.45, 7) is 8.66. The van der Waals surface area contributed by atoms with E-state index in [-0.39, 0.29) is 12.5 Å². The molecule has 1 fully saturated rings. The fourth-order valence-corrected chi connectivity index (χ4v) is 4.55. The van der Waals surface area contributed by atoms with Crippen LogP contribution in [0, 0.1) is 6.92 Å². The number of carbonyl (C=O) groups excluding carboxylic acids is 2. The second-order valence-electron chi connectivity index (χ2n) is 9.19. The Balaban J connectivity index is 1.75. The van der Waals surface area contributed by atoms with Crippen LogP contribution in [0.3, 0.4) is 0 Å². The van der Waals surface area contributed by atoms with Gasteiger partial charge in [-0.25, -0.2) is 14.8 Å². The molecule has 0 radical (unpaired) electrons. The Bertz CT molecular complexity index is 1020. The van der Waals surface area contributed by atoms with Crippen molar-refractivity contribution in [1.29, 1.82) is 0 Å². The quantitative estimate of drug-likeness (QED) is 0.520. The second kappa shape index (κ2) is 7.82. The molecule has 31 heavy (non-hydrogen) atoms. The number of hydrogen-bond donors (Lipinski definition) is 0. The van der Waals surface area contributed by atoms with Gasteiger partial charge in [-0.2, -0.15) is 0 Å². The summed E-state index contributed by atoms with van der Waals surface area (Å²) < 4.78 is 5.57. The molecular weight excluding hydrogens is 412 g/mol. The maximum absolute atomic E-state index is 13.9. The fourth-order valence-electron chi connectivity index (χ4n) is 4.21. The van der Waals surface area contributed by atoms with Gasteiger partial charge in [-0.05, 0) is 52.5 Å². The molecule has 7 nitrogen and oxygen atoms in total. The minimum atomic E-state index is -0.900. The molecule has 1 atom stereocenters.